The van der Waals surface area contributed by atoms with E-state index in [-0.39, 0.29) is 11.2 Å². The summed E-state index contributed by atoms with van der Waals surface area (Å²) in [6.07, 6.45) is 5.47. The fourth-order valence-corrected chi connectivity index (χ4v) is 5.95. The van der Waals surface area contributed by atoms with Gasteiger partial charge in [-0.3, -0.25) is 0 Å². The van der Waals surface area contributed by atoms with Crippen LogP contribution >= 0.6 is 11.3 Å². The first kappa shape index (κ1) is 20.2. The summed E-state index contributed by atoms with van der Waals surface area (Å²) < 4.78 is 16.4. The van der Waals surface area contributed by atoms with E-state index in [0.29, 0.717) is 6.42 Å². The van der Waals surface area contributed by atoms with Crippen LogP contribution in [0.1, 0.15) is 44.0 Å². The molecule has 1 aliphatic carbocycles. The molecule has 31 heavy (non-hydrogen) atoms. The molecule has 0 fully saturated rings. The summed E-state index contributed by atoms with van der Waals surface area (Å²) in [7, 11) is 0. The summed E-state index contributed by atoms with van der Waals surface area (Å²) in [6.45, 7) is 6.28. The fourth-order valence-electron chi connectivity index (χ4n) is 4.86. The number of nitrogens with zero attached hydrogens (tertiary/aromatic N) is 2. The van der Waals surface area contributed by atoms with E-state index in [2.05, 4.69) is 42.5 Å². The smallest absolute Gasteiger partial charge is 0.123 e. The van der Waals surface area contributed by atoms with Crippen molar-refractivity contribution in [2.75, 3.05) is 0 Å². The topological polar surface area (TPSA) is 38.0 Å². The lowest BCUT2D eigenvalue weighted by Crippen LogP contribution is -2.34. The molecule has 0 aliphatic heterocycles. The Balaban J connectivity index is 1.49. The number of rotatable bonds is 4. The van der Waals surface area contributed by atoms with Crippen LogP contribution in [0.4, 0.5) is 4.39 Å². The number of hydrogen-bond acceptors (Lipinski definition) is 3. The van der Waals surface area contributed by atoms with Crippen LogP contribution in [-0.2, 0) is 12.0 Å². The van der Waals surface area contributed by atoms with Crippen LogP contribution in [0.15, 0.2) is 65.7 Å². The zero-order chi connectivity index (χ0) is 21.8. The lowest BCUT2D eigenvalue weighted by molar-refractivity contribution is 0.0164. The van der Waals surface area contributed by atoms with E-state index in [1.807, 2.05) is 29.9 Å². The molecule has 0 saturated heterocycles. The van der Waals surface area contributed by atoms with Crippen LogP contribution in [0.5, 0.6) is 0 Å². The number of halogens is 1. The van der Waals surface area contributed by atoms with Crippen LogP contribution in [-0.4, -0.2) is 14.9 Å². The Bertz CT molecular complexity index is 1300. The van der Waals surface area contributed by atoms with Gasteiger partial charge in [0.05, 0.1) is 23.2 Å². The molecule has 158 valence electrons. The molecule has 0 amide bonds. The molecule has 0 radical (unpaired) electrons. The van der Waals surface area contributed by atoms with Crippen LogP contribution in [0, 0.1) is 11.2 Å². The first-order valence-corrected chi connectivity index (χ1v) is 11.4. The van der Waals surface area contributed by atoms with E-state index in [9.17, 15) is 9.50 Å². The van der Waals surface area contributed by atoms with Gasteiger partial charge >= 0.3 is 0 Å². The maximum absolute atomic E-state index is 13.3. The van der Waals surface area contributed by atoms with Gasteiger partial charge in [-0.15, -0.1) is 11.3 Å². The molecule has 1 N–H and O–H groups in total. The second-order valence-electron chi connectivity index (χ2n) is 9.10. The van der Waals surface area contributed by atoms with E-state index >= 15 is 0 Å². The molecular formula is C26H25FN2OS. The molecule has 4 aromatic rings. The minimum Gasteiger partial charge on any atom is -0.385 e. The number of fused-ring (bicyclic) bond motifs is 2. The minimum atomic E-state index is -0.950. The average molecular weight is 433 g/mol. The number of aliphatic hydroxyl groups is 1. The van der Waals surface area contributed by atoms with Crippen molar-refractivity contribution < 1.29 is 9.50 Å². The van der Waals surface area contributed by atoms with Gasteiger partial charge in [-0.05, 0) is 84.8 Å². The lowest BCUT2D eigenvalue weighted by Gasteiger charge is -2.39. The van der Waals surface area contributed by atoms with E-state index in [4.69, 9.17) is 0 Å². The highest BCUT2D eigenvalue weighted by Crippen LogP contribution is 2.48. The molecule has 3 nitrogen and oxygen atoms in total. The summed E-state index contributed by atoms with van der Waals surface area (Å²) in [4.78, 5) is 0. The number of hydrogen-bond donors (Lipinski definition) is 1. The number of aromatic nitrogens is 2. The molecule has 0 spiro atoms. The molecule has 2 aromatic heterocycles. The maximum Gasteiger partial charge on any atom is 0.123 e. The highest BCUT2D eigenvalue weighted by molar-refractivity contribution is 7.17. The maximum atomic E-state index is 13.3. The van der Waals surface area contributed by atoms with Crippen molar-refractivity contribution in [3.05, 3.63) is 88.3 Å². The summed E-state index contributed by atoms with van der Waals surface area (Å²) in [5.41, 5.74) is 4.07. The van der Waals surface area contributed by atoms with Gasteiger partial charge in [0.1, 0.15) is 5.82 Å². The molecule has 2 heterocycles. The molecular weight excluding hydrogens is 407 g/mol. The van der Waals surface area contributed by atoms with Gasteiger partial charge in [0.15, 0.2) is 0 Å². The first-order chi connectivity index (χ1) is 14.8. The number of benzene rings is 2. The molecule has 2 unspecified atom stereocenters. The van der Waals surface area contributed by atoms with E-state index < -0.39 is 5.60 Å². The number of thiophene rings is 1. The number of allylic oxidation sites excluding steroid dienone is 1. The Morgan fingerprint density at radius 3 is 2.71 bits per heavy atom. The summed E-state index contributed by atoms with van der Waals surface area (Å²) >= 11 is 1.68. The highest BCUT2D eigenvalue weighted by Gasteiger charge is 2.40. The van der Waals surface area contributed by atoms with Gasteiger partial charge < -0.3 is 5.11 Å². The molecule has 5 rings (SSSR count). The van der Waals surface area contributed by atoms with E-state index in [0.717, 1.165) is 34.3 Å². The quantitative estimate of drug-likeness (QED) is 0.400. The first-order valence-electron chi connectivity index (χ1n) is 10.5. The zero-order valence-electron chi connectivity index (χ0n) is 17.9. The molecule has 1 aliphatic rings. The predicted molar refractivity (Wildman–Crippen MR) is 125 cm³/mol. The predicted octanol–water partition coefficient (Wildman–Crippen LogP) is 6.49. The Morgan fingerprint density at radius 1 is 1.19 bits per heavy atom. The van der Waals surface area contributed by atoms with Gasteiger partial charge in [-0.25, -0.2) is 9.07 Å². The zero-order valence-corrected chi connectivity index (χ0v) is 18.7. The third kappa shape index (κ3) is 3.42. The van der Waals surface area contributed by atoms with Crippen molar-refractivity contribution >= 4 is 27.5 Å². The Labute approximate surface area is 185 Å². The van der Waals surface area contributed by atoms with Gasteiger partial charge in [-0.1, -0.05) is 30.7 Å². The molecule has 0 saturated carbocycles. The molecule has 5 heteroatoms. The van der Waals surface area contributed by atoms with Gasteiger partial charge in [0.2, 0.25) is 0 Å². The normalized spacial score (nSPS) is 20.4. The Morgan fingerprint density at radius 2 is 1.94 bits per heavy atom. The molecule has 2 aromatic carbocycles. The van der Waals surface area contributed by atoms with E-state index in [1.54, 1.807) is 23.5 Å². The fraction of sp³-hybridized carbons (Fsp3) is 0.269. The van der Waals surface area contributed by atoms with E-state index in [1.165, 1.54) is 22.4 Å². The van der Waals surface area contributed by atoms with Crippen molar-refractivity contribution in [2.24, 2.45) is 5.41 Å². The second kappa shape index (κ2) is 7.14. The Hall–Kier alpha value is -2.76. The van der Waals surface area contributed by atoms with Gasteiger partial charge in [0, 0.05) is 10.3 Å². The van der Waals surface area contributed by atoms with Crippen molar-refractivity contribution in [1.82, 2.24) is 9.78 Å². The summed E-state index contributed by atoms with van der Waals surface area (Å²) in [6, 6.07) is 14.6. The van der Waals surface area contributed by atoms with Gasteiger partial charge in [-0.2, -0.15) is 5.10 Å². The van der Waals surface area contributed by atoms with Crippen LogP contribution in [0.3, 0.4) is 0 Å². The third-order valence-corrected chi connectivity index (χ3v) is 7.60. The van der Waals surface area contributed by atoms with Crippen molar-refractivity contribution in [2.45, 2.75) is 39.2 Å². The lowest BCUT2D eigenvalue weighted by atomic mass is 9.67. The Kier molecular flexibility index (Phi) is 4.65. The SMILES string of the molecule is CC1=Cc2c(cnn2-c2ccc(F)cc2)CC1(C)CC(C)(O)c1csc2ccccc12. The van der Waals surface area contributed by atoms with Crippen molar-refractivity contribution in [1.29, 1.82) is 0 Å². The minimum absolute atomic E-state index is 0.198. The van der Waals surface area contributed by atoms with Crippen molar-refractivity contribution in [3.63, 3.8) is 0 Å². The summed E-state index contributed by atoms with van der Waals surface area (Å²) in [5, 5.41) is 19.4. The summed E-state index contributed by atoms with van der Waals surface area (Å²) in [5.74, 6) is -0.257. The monoisotopic (exact) mass is 432 g/mol. The largest absolute Gasteiger partial charge is 0.385 e. The van der Waals surface area contributed by atoms with Crippen molar-refractivity contribution in [3.8, 4) is 5.69 Å². The second-order valence-corrected chi connectivity index (χ2v) is 10.0. The van der Waals surface area contributed by atoms with Crippen LogP contribution < -0.4 is 0 Å². The standard InChI is InChI=1S/C26H25FN2OS/c1-17-12-23-18(14-28-29(23)20-10-8-19(27)9-11-20)13-25(17,2)16-26(3,30)22-15-31-24-7-5-4-6-21(22)24/h4-12,14-15,30H,13,16H2,1-3H3. The van der Waals surface area contributed by atoms with Crippen LogP contribution in [0.25, 0.3) is 21.8 Å². The highest BCUT2D eigenvalue weighted by atomic mass is 32.1. The molecule has 0 bridgehead atoms. The molecule has 2 atom stereocenters. The van der Waals surface area contributed by atoms with Crippen LogP contribution in [0.2, 0.25) is 0 Å². The third-order valence-electron chi connectivity index (χ3n) is 6.64. The average Bonchev–Trinajstić information content (AvgIpc) is 3.33. The van der Waals surface area contributed by atoms with Gasteiger partial charge in [0.25, 0.3) is 0 Å².